The maximum absolute atomic E-state index is 10.2. The number of hydrogen-bond acceptors (Lipinski definition) is 2. The van der Waals surface area contributed by atoms with Crippen molar-refractivity contribution in [3.63, 3.8) is 0 Å². The molecule has 0 saturated heterocycles. The van der Waals surface area contributed by atoms with Crippen molar-refractivity contribution in [1.82, 2.24) is 0 Å². The van der Waals surface area contributed by atoms with Crippen LogP contribution in [-0.4, -0.2) is 11.9 Å². The highest BCUT2D eigenvalue weighted by atomic mass is 16.1. The molecule has 0 aliphatic rings. The first-order chi connectivity index (χ1) is 5.16. The Morgan fingerprint density at radius 2 is 2.18 bits per heavy atom. The van der Waals surface area contributed by atoms with E-state index in [2.05, 4.69) is 6.58 Å². The Bertz CT molecular complexity index is 163. The topological polar surface area (TPSA) is 69.1 Å². The third-order valence-corrected chi connectivity index (χ3v) is 1.20. The van der Waals surface area contributed by atoms with Crippen LogP contribution in [0.25, 0.3) is 0 Å². The van der Waals surface area contributed by atoms with Gasteiger partial charge in [0.25, 0.3) is 0 Å². The molecule has 0 saturated carbocycles. The van der Waals surface area contributed by atoms with Crippen molar-refractivity contribution in [1.29, 1.82) is 0 Å². The molecule has 1 unspecified atom stereocenters. The fourth-order valence-corrected chi connectivity index (χ4v) is 0.549. The van der Waals surface area contributed by atoms with Gasteiger partial charge in [-0.1, -0.05) is 18.2 Å². The van der Waals surface area contributed by atoms with Gasteiger partial charge in [0.2, 0.25) is 5.91 Å². The van der Waals surface area contributed by atoms with Crippen molar-refractivity contribution in [2.24, 2.45) is 11.5 Å². The molecule has 0 aliphatic heterocycles. The summed E-state index contributed by atoms with van der Waals surface area (Å²) in [6.07, 6.45) is 6.19. The van der Waals surface area contributed by atoms with Crippen molar-refractivity contribution in [2.75, 3.05) is 0 Å². The molecule has 11 heavy (non-hydrogen) atoms. The zero-order valence-corrected chi connectivity index (χ0v) is 6.49. The van der Waals surface area contributed by atoms with Crippen LogP contribution < -0.4 is 11.5 Å². The van der Waals surface area contributed by atoms with Crippen LogP contribution in [0.1, 0.15) is 12.8 Å². The molecule has 0 fully saturated rings. The summed E-state index contributed by atoms with van der Waals surface area (Å²) < 4.78 is 0. The Morgan fingerprint density at radius 1 is 1.55 bits per heavy atom. The van der Waals surface area contributed by atoms with E-state index in [1.807, 2.05) is 6.08 Å². The Labute approximate surface area is 66.8 Å². The molecule has 0 radical (unpaired) electrons. The standard InChI is InChI=1S/C8H14N2O/c1-2-7(9)5-3-4-6-8(10)11/h2-4,7H,1,5-6,9H2,(H2,10,11)/b4-3-. The van der Waals surface area contributed by atoms with E-state index in [1.54, 1.807) is 12.2 Å². The Balaban J connectivity index is 3.44. The summed E-state index contributed by atoms with van der Waals surface area (Å²) in [5.74, 6) is -0.326. The summed E-state index contributed by atoms with van der Waals surface area (Å²) in [4.78, 5) is 10.2. The van der Waals surface area contributed by atoms with Crippen molar-refractivity contribution in [3.05, 3.63) is 24.8 Å². The highest BCUT2D eigenvalue weighted by Gasteiger charge is 1.90. The monoisotopic (exact) mass is 154 g/mol. The molecular formula is C8H14N2O. The Morgan fingerprint density at radius 3 is 2.64 bits per heavy atom. The second-order valence-electron chi connectivity index (χ2n) is 2.28. The minimum atomic E-state index is -0.326. The lowest BCUT2D eigenvalue weighted by Gasteiger charge is -1.98. The second kappa shape index (κ2) is 5.68. The Kier molecular flexibility index (Phi) is 5.11. The van der Waals surface area contributed by atoms with Gasteiger partial charge in [-0.05, 0) is 6.42 Å². The minimum absolute atomic E-state index is 0.0286. The lowest BCUT2D eigenvalue weighted by atomic mass is 10.2. The van der Waals surface area contributed by atoms with Crippen molar-refractivity contribution >= 4 is 5.91 Å². The van der Waals surface area contributed by atoms with E-state index in [9.17, 15) is 4.79 Å². The van der Waals surface area contributed by atoms with E-state index in [0.29, 0.717) is 6.42 Å². The van der Waals surface area contributed by atoms with Crippen LogP contribution >= 0.6 is 0 Å². The largest absolute Gasteiger partial charge is 0.369 e. The zero-order chi connectivity index (χ0) is 8.69. The molecule has 1 amide bonds. The van der Waals surface area contributed by atoms with Gasteiger partial charge >= 0.3 is 0 Å². The second-order valence-corrected chi connectivity index (χ2v) is 2.28. The van der Waals surface area contributed by atoms with Gasteiger partial charge < -0.3 is 11.5 Å². The third-order valence-electron chi connectivity index (χ3n) is 1.20. The molecule has 0 aromatic heterocycles. The first kappa shape index (κ1) is 9.91. The van der Waals surface area contributed by atoms with Crippen LogP contribution in [0.4, 0.5) is 0 Å². The van der Waals surface area contributed by atoms with E-state index < -0.39 is 0 Å². The van der Waals surface area contributed by atoms with Gasteiger partial charge in [-0.2, -0.15) is 0 Å². The smallest absolute Gasteiger partial charge is 0.221 e. The summed E-state index contributed by atoms with van der Waals surface area (Å²) in [5, 5.41) is 0. The maximum Gasteiger partial charge on any atom is 0.221 e. The summed E-state index contributed by atoms with van der Waals surface area (Å²) in [6.45, 7) is 3.52. The molecule has 0 aromatic carbocycles. The van der Waals surface area contributed by atoms with Gasteiger partial charge in [0.15, 0.2) is 0 Å². The average Bonchev–Trinajstić information content (AvgIpc) is 1.97. The van der Waals surface area contributed by atoms with E-state index in [1.165, 1.54) is 0 Å². The van der Waals surface area contributed by atoms with E-state index in [4.69, 9.17) is 11.5 Å². The zero-order valence-electron chi connectivity index (χ0n) is 6.49. The van der Waals surface area contributed by atoms with Crippen LogP contribution in [0.15, 0.2) is 24.8 Å². The first-order valence-corrected chi connectivity index (χ1v) is 3.48. The summed E-state index contributed by atoms with van der Waals surface area (Å²) in [7, 11) is 0. The normalized spacial score (nSPS) is 13.2. The van der Waals surface area contributed by atoms with E-state index in [-0.39, 0.29) is 18.4 Å². The predicted molar refractivity (Wildman–Crippen MR) is 45.7 cm³/mol. The fourth-order valence-electron chi connectivity index (χ4n) is 0.549. The highest BCUT2D eigenvalue weighted by molar-refractivity contribution is 5.75. The predicted octanol–water partition coefficient (Wildman–Crippen LogP) is 0.321. The molecule has 62 valence electrons. The number of hydrogen-bond donors (Lipinski definition) is 2. The molecule has 3 nitrogen and oxygen atoms in total. The van der Waals surface area contributed by atoms with Crippen LogP contribution in [0.5, 0.6) is 0 Å². The molecular weight excluding hydrogens is 140 g/mol. The van der Waals surface area contributed by atoms with Gasteiger partial charge in [-0.3, -0.25) is 4.79 Å². The minimum Gasteiger partial charge on any atom is -0.369 e. The highest BCUT2D eigenvalue weighted by Crippen LogP contribution is 1.91. The van der Waals surface area contributed by atoms with E-state index in [0.717, 1.165) is 0 Å². The number of carbonyl (C=O) groups is 1. The molecule has 4 N–H and O–H groups in total. The number of primary amides is 1. The third kappa shape index (κ3) is 6.80. The molecule has 0 aromatic rings. The number of nitrogens with two attached hydrogens (primary N) is 2. The summed E-state index contributed by atoms with van der Waals surface area (Å²) in [5.41, 5.74) is 10.4. The van der Waals surface area contributed by atoms with Gasteiger partial charge in [0, 0.05) is 12.5 Å². The van der Waals surface area contributed by atoms with Crippen LogP contribution in [0.2, 0.25) is 0 Å². The molecule has 3 heteroatoms. The maximum atomic E-state index is 10.2. The van der Waals surface area contributed by atoms with Crippen LogP contribution in [0.3, 0.4) is 0 Å². The van der Waals surface area contributed by atoms with E-state index >= 15 is 0 Å². The number of carbonyl (C=O) groups excluding carboxylic acids is 1. The van der Waals surface area contributed by atoms with Crippen molar-refractivity contribution in [2.45, 2.75) is 18.9 Å². The number of rotatable bonds is 5. The lowest BCUT2D eigenvalue weighted by Crippen LogP contribution is -2.14. The molecule has 0 heterocycles. The first-order valence-electron chi connectivity index (χ1n) is 3.48. The summed E-state index contributed by atoms with van der Waals surface area (Å²) >= 11 is 0. The summed E-state index contributed by atoms with van der Waals surface area (Å²) in [6, 6.07) is -0.0286. The SMILES string of the molecule is C=CC(N)C/C=C\CC(N)=O. The molecule has 0 rings (SSSR count). The van der Waals surface area contributed by atoms with Crippen molar-refractivity contribution < 1.29 is 4.79 Å². The van der Waals surface area contributed by atoms with Gasteiger partial charge in [0.05, 0.1) is 0 Å². The molecule has 1 atom stereocenters. The molecule has 0 bridgehead atoms. The molecule has 0 aliphatic carbocycles. The Hall–Kier alpha value is -1.09. The van der Waals surface area contributed by atoms with Gasteiger partial charge in [0.1, 0.15) is 0 Å². The fraction of sp³-hybridized carbons (Fsp3) is 0.375. The quantitative estimate of drug-likeness (QED) is 0.560. The molecule has 0 spiro atoms. The van der Waals surface area contributed by atoms with Gasteiger partial charge in [-0.15, -0.1) is 6.58 Å². The van der Waals surface area contributed by atoms with Crippen LogP contribution in [-0.2, 0) is 4.79 Å². The van der Waals surface area contributed by atoms with Crippen molar-refractivity contribution in [3.8, 4) is 0 Å². The van der Waals surface area contributed by atoms with Gasteiger partial charge in [-0.25, -0.2) is 0 Å². The lowest BCUT2D eigenvalue weighted by molar-refractivity contribution is -0.117. The number of amides is 1. The van der Waals surface area contributed by atoms with Crippen LogP contribution in [0, 0.1) is 0 Å². The average molecular weight is 154 g/mol.